The van der Waals surface area contributed by atoms with E-state index in [1.54, 1.807) is 11.1 Å². The maximum atomic E-state index is 12.1. The van der Waals surface area contributed by atoms with Crippen LogP contribution in [-0.2, 0) is 9.59 Å². The number of rotatable bonds is 2. The molecule has 6 nitrogen and oxygen atoms in total. The lowest BCUT2D eigenvalue weighted by Gasteiger charge is -2.35. The smallest absolute Gasteiger partial charge is 0.312 e. The summed E-state index contributed by atoms with van der Waals surface area (Å²) in [6, 6.07) is 1.99. The normalized spacial score (nSPS) is 15.1. The topological polar surface area (TPSA) is 65.5 Å². The Morgan fingerprint density at radius 1 is 1.27 bits per heavy atom. The molecule has 0 bridgehead atoms. The quantitative estimate of drug-likeness (QED) is 0.799. The fourth-order valence-electron chi connectivity index (χ4n) is 2.45. The maximum absolute atomic E-state index is 12.1. The molecule has 1 aliphatic rings. The molecule has 1 saturated heterocycles. The molecule has 1 aromatic heterocycles. The first-order valence-electron chi connectivity index (χ1n) is 7.35. The molecule has 2 rings (SSSR count). The van der Waals surface area contributed by atoms with Crippen molar-refractivity contribution in [2.24, 2.45) is 0 Å². The second-order valence-electron chi connectivity index (χ2n) is 5.70. The molecule has 0 radical (unpaired) electrons. The van der Waals surface area contributed by atoms with Crippen molar-refractivity contribution in [2.75, 3.05) is 31.1 Å². The molecule has 0 saturated carbocycles. The van der Waals surface area contributed by atoms with Gasteiger partial charge in [-0.05, 0) is 48.3 Å². The van der Waals surface area contributed by atoms with Crippen LogP contribution in [0.2, 0.25) is 0 Å². The number of piperazine rings is 1. The molecule has 1 aliphatic heterocycles. The lowest BCUT2D eigenvalue weighted by atomic mass is 10.2. The summed E-state index contributed by atoms with van der Waals surface area (Å²) in [5, 5.41) is 2.64. The molecule has 120 valence electrons. The van der Waals surface area contributed by atoms with Crippen molar-refractivity contribution < 1.29 is 9.59 Å². The van der Waals surface area contributed by atoms with E-state index in [4.69, 9.17) is 0 Å². The number of carbonyl (C=O) groups is 2. The van der Waals surface area contributed by atoms with Crippen LogP contribution < -0.4 is 10.2 Å². The average Bonchev–Trinajstić information content (AvgIpc) is 2.46. The molecule has 1 aromatic rings. The highest BCUT2D eigenvalue weighted by atomic mass is 79.9. The Hall–Kier alpha value is -1.63. The SMILES string of the molecule is Cc1cc(Br)cnc1N1CCN(C(=O)C(=O)NC(C)C)CC1. The number of hydrogen-bond donors (Lipinski definition) is 1. The Labute approximate surface area is 139 Å². The summed E-state index contributed by atoms with van der Waals surface area (Å²) in [6.45, 7) is 8.10. The molecule has 1 fully saturated rings. The van der Waals surface area contributed by atoms with E-state index in [0.29, 0.717) is 26.2 Å². The second-order valence-corrected chi connectivity index (χ2v) is 6.62. The minimum Gasteiger partial charge on any atom is -0.353 e. The van der Waals surface area contributed by atoms with Crippen molar-refractivity contribution in [1.82, 2.24) is 15.2 Å². The van der Waals surface area contributed by atoms with E-state index < -0.39 is 11.8 Å². The van der Waals surface area contributed by atoms with E-state index in [1.165, 1.54) is 0 Å². The third-order valence-corrected chi connectivity index (χ3v) is 3.93. The van der Waals surface area contributed by atoms with Gasteiger partial charge in [-0.25, -0.2) is 4.98 Å². The number of carbonyl (C=O) groups excluding carboxylic acids is 2. The largest absolute Gasteiger partial charge is 0.353 e. The minimum atomic E-state index is -0.526. The van der Waals surface area contributed by atoms with Crippen LogP contribution >= 0.6 is 15.9 Å². The van der Waals surface area contributed by atoms with Gasteiger partial charge < -0.3 is 15.1 Å². The van der Waals surface area contributed by atoms with Gasteiger partial charge in [-0.3, -0.25) is 9.59 Å². The molecule has 0 unspecified atom stereocenters. The predicted octanol–water partition coefficient (Wildman–Crippen LogP) is 1.33. The molecule has 0 atom stereocenters. The Kier molecular flexibility index (Phi) is 5.39. The van der Waals surface area contributed by atoms with Crippen molar-refractivity contribution in [3.63, 3.8) is 0 Å². The summed E-state index contributed by atoms with van der Waals surface area (Å²) >= 11 is 3.41. The van der Waals surface area contributed by atoms with Crippen molar-refractivity contribution in [2.45, 2.75) is 26.8 Å². The Balaban J connectivity index is 1.95. The summed E-state index contributed by atoms with van der Waals surface area (Å²) in [7, 11) is 0. The van der Waals surface area contributed by atoms with Gasteiger partial charge in [-0.15, -0.1) is 0 Å². The van der Waals surface area contributed by atoms with Gasteiger partial charge >= 0.3 is 11.8 Å². The maximum Gasteiger partial charge on any atom is 0.312 e. The van der Waals surface area contributed by atoms with Crippen LogP contribution in [0.1, 0.15) is 19.4 Å². The number of nitrogens with zero attached hydrogens (tertiary/aromatic N) is 3. The van der Waals surface area contributed by atoms with Gasteiger partial charge in [0.15, 0.2) is 0 Å². The Morgan fingerprint density at radius 3 is 2.45 bits per heavy atom. The molecule has 7 heteroatoms. The highest BCUT2D eigenvalue weighted by molar-refractivity contribution is 9.10. The number of aromatic nitrogens is 1. The van der Waals surface area contributed by atoms with E-state index >= 15 is 0 Å². The molecular formula is C15H21BrN4O2. The standard InChI is InChI=1S/C15H21BrN4O2/c1-10(2)18-14(21)15(22)20-6-4-19(5-7-20)13-11(3)8-12(16)9-17-13/h8-10H,4-7H2,1-3H3,(H,18,21). The van der Waals surface area contributed by atoms with Crippen molar-refractivity contribution >= 4 is 33.6 Å². The summed E-state index contributed by atoms with van der Waals surface area (Å²) in [5.74, 6) is -0.0443. The van der Waals surface area contributed by atoms with Crippen molar-refractivity contribution in [1.29, 1.82) is 0 Å². The molecular weight excluding hydrogens is 348 g/mol. The summed E-state index contributed by atoms with van der Waals surface area (Å²) in [5.41, 5.74) is 1.09. The monoisotopic (exact) mass is 368 g/mol. The van der Waals surface area contributed by atoms with Gasteiger partial charge in [0.05, 0.1) is 0 Å². The fourth-order valence-corrected chi connectivity index (χ4v) is 2.90. The third-order valence-electron chi connectivity index (χ3n) is 3.50. The van der Waals surface area contributed by atoms with E-state index in [1.807, 2.05) is 26.8 Å². The zero-order valence-electron chi connectivity index (χ0n) is 13.1. The van der Waals surface area contributed by atoms with Gasteiger partial charge in [-0.2, -0.15) is 0 Å². The van der Waals surface area contributed by atoms with E-state index in [-0.39, 0.29) is 6.04 Å². The minimum absolute atomic E-state index is 0.0349. The van der Waals surface area contributed by atoms with Crippen LogP contribution in [0.3, 0.4) is 0 Å². The summed E-state index contributed by atoms with van der Waals surface area (Å²) < 4.78 is 0.952. The number of halogens is 1. The number of pyridine rings is 1. The van der Waals surface area contributed by atoms with Crippen LogP contribution in [-0.4, -0.2) is 53.9 Å². The first kappa shape index (κ1) is 16.7. The van der Waals surface area contributed by atoms with Crippen LogP contribution in [0.15, 0.2) is 16.7 Å². The molecule has 0 spiro atoms. The highest BCUT2D eigenvalue weighted by Crippen LogP contribution is 2.21. The van der Waals surface area contributed by atoms with Gasteiger partial charge in [0.1, 0.15) is 5.82 Å². The lowest BCUT2D eigenvalue weighted by molar-refractivity contribution is -0.146. The predicted molar refractivity (Wildman–Crippen MR) is 88.7 cm³/mol. The molecule has 1 N–H and O–H groups in total. The Bertz CT molecular complexity index is 569. The number of hydrogen-bond acceptors (Lipinski definition) is 4. The summed E-state index contributed by atoms with van der Waals surface area (Å²) in [6.07, 6.45) is 1.77. The zero-order valence-corrected chi connectivity index (χ0v) is 14.7. The Morgan fingerprint density at radius 2 is 1.91 bits per heavy atom. The van der Waals surface area contributed by atoms with Gasteiger partial charge in [0, 0.05) is 42.9 Å². The molecule has 0 aromatic carbocycles. The number of nitrogens with one attached hydrogen (secondary N) is 1. The first-order chi connectivity index (χ1) is 10.4. The lowest BCUT2D eigenvalue weighted by Crippen LogP contribution is -2.53. The first-order valence-corrected chi connectivity index (χ1v) is 8.14. The van der Waals surface area contributed by atoms with Gasteiger partial charge in [0.25, 0.3) is 0 Å². The van der Waals surface area contributed by atoms with E-state index in [9.17, 15) is 9.59 Å². The van der Waals surface area contributed by atoms with Crippen molar-refractivity contribution in [3.8, 4) is 0 Å². The molecule has 0 aliphatic carbocycles. The highest BCUT2D eigenvalue weighted by Gasteiger charge is 2.27. The molecule has 2 heterocycles. The van der Waals surface area contributed by atoms with Gasteiger partial charge in [0.2, 0.25) is 0 Å². The average molecular weight is 369 g/mol. The van der Waals surface area contributed by atoms with Crippen LogP contribution in [0.4, 0.5) is 5.82 Å². The van der Waals surface area contributed by atoms with Crippen LogP contribution in [0.5, 0.6) is 0 Å². The molecule has 22 heavy (non-hydrogen) atoms. The second kappa shape index (κ2) is 7.09. The van der Waals surface area contributed by atoms with Gasteiger partial charge in [-0.1, -0.05) is 0 Å². The number of amides is 2. The van der Waals surface area contributed by atoms with E-state index in [0.717, 1.165) is 15.9 Å². The number of aryl methyl sites for hydroxylation is 1. The zero-order chi connectivity index (χ0) is 16.3. The van der Waals surface area contributed by atoms with E-state index in [2.05, 4.69) is 31.1 Å². The number of anilines is 1. The molecule has 2 amide bonds. The summed E-state index contributed by atoms with van der Waals surface area (Å²) in [4.78, 5) is 32.0. The van der Waals surface area contributed by atoms with Crippen molar-refractivity contribution in [3.05, 3.63) is 22.3 Å². The van der Waals surface area contributed by atoms with Crippen LogP contribution in [0, 0.1) is 6.92 Å². The van der Waals surface area contributed by atoms with Crippen LogP contribution in [0.25, 0.3) is 0 Å². The third kappa shape index (κ3) is 3.97. The fraction of sp³-hybridized carbons (Fsp3) is 0.533.